The maximum absolute atomic E-state index is 12.9. The first kappa shape index (κ1) is 27.2. The van der Waals surface area contributed by atoms with E-state index >= 15 is 0 Å². The average Bonchev–Trinajstić information content (AvgIpc) is 2.93. The second-order valence-electron chi connectivity index (χ2n) is 8.60. The second kappa shape index (κ2) is 12.1. The third-order valence-electron chi connectivity index (χ3n) is 6.16. The lowest BCUT2D eigenvalue weighted by Crippen LogP contribution is -2.39. The van der Waals surface area contributed by atoms with E-state index in [2.05, 4.69) is 5.32 Å². The molecule has 0 aromatic heterocycles. The molecule has 0 aliphatic carbocycles. The molecule has 10 heteroatoms. The molecule has 0 fully saturated rings. The van der Waals surface area contributed by atoms with E-state index in [0.29, 0.717) is 55.3 Å². The first-order valence-electron chi connectivity index (χ1n) is 12.5. The number of carbonyl (C=O) groups is 2. The first-order chi connectivity index (χ1) is 18.3. The number of anilines is 2. The Morgan fingerprint density at radius 1 is 1.03 bits per heavy atom. The number of fused-ring (bicyclic) bond motifs is 1. The van der Waals surface area contributed by atoms with Crippen LogP contribution < -0.4 is 19.7 Å². The monoisotopic (exact) mass is 537 g/mol. The van der Waals surface area contributed by atoms with Crippen LogP contribution in [0.15, 0.2) is 77.7 Å². The van der Waals surface area contributed by atoms with Gasteiger partial charge in [0.05, 0.1) is 17.2 Å². The lowest BCUT2D eigenvalue weighted by molar-refractivity contribution is -0.121. The molecule has 0 spiro atoms. The molecule has 3 aromatic rings. The summed E-state index contributed by atoms with van der Waals surface area (Å²) in [6.45, 7) is 5.11. The van der Waals surface area contributed by atoms with Gasteiger partial charge in [-0.3, -0.25) is 9.59 Å². The Hall–Kier alpha value is -3.89. The minimum absolute atomic E-state index is 0.0546. The Kier molecular flexibility index (Phi) is 8.65. The molecule has 1 aliphatic heterocycles. The molecule has 0 bridgehead atoms. The third-order valence-corrected chi connectivity index (χ3v) is 8.22. The van der Waals surface area contributed by atoms with Crippen LogP contribution in [0, 0.1) is 0 Å². The van der Waals surface area contributed by atoms with E-state index in [0.717, 1.165) is 5.75 Å². The van der Waals surface area contributed by atoms with Gasteiger partial charge in [0.2, 0.25) is 10.0 Å². The van der Waals surface area contributed by atoms with Gasteiger partial charge in [-0.15, -0.1) is 0 Å². The third kappa shape index (κ3) is 6.15. The summed E-state index contributed by atoms with van der Waals surface area (Å²) < 4.78 is 38.1. The van der Waals surface area contributed by atoms with Gasteiger partial charge in [0.25, 0.3) is 11.8 Å². The zero-order valence-corrected chi connectivity index (χ0v) is 22.2. The van der Waals surface area contributed by atoms with Crippen molar-refractivity contribution in [1.82, 2.24) is 4.31 Å². The number of hydrogen-bond acceptors (Lipinski definition) is 6. The van der Waals surface area contributed by atoms with Gasteiger partial charge in [0.15, 0.2) is 6.61 Å². The molecule has 9 nitrogen and oxygen atoms in total. The van der Waals surface area contributed by atoms with Gasteiger partial charge >= 0.3 is 0 Å². The van der Waals surface area contributed by atoms with Crippen LogP contribution in [0.4, 0.5) is 11.4 Å². The van der Waals surface area contributed by atoms with Gasteiger partial charge in [-0.1, -0.05) is 32.0 Å². The summed E-state index contributed by atoms with van der Waals surface area (Å²) in [7, 11) is -3.61. The maximum atomic E-state index is 12.9. The number of nitrogens with one attached hydrogen (secondary N) is 1. The highest BCUT2D eigenvalue weighted by Gasteiger charge is 2.26. The van der Waals surface area contributed by atoms with Crippen LogP contribution in [-0.2, 0) is 14.8 Å². The molecule has 38 heavy (non-hydrogen) atoms. The molecule has 0 unspecified atom stereocenters. The highest BCUT2D eigenvalue weighted by molar-refractivity contribution is 7.89. The summed E-state index contributed by atoms with van der Waals surface area (Å²) in [6.07, 6.45) is 0.611. The van der Waals surface area contributed by atoms with Gasteiger partial charge in [-0.25, -0.2) is 8.42 Å². The summed E-state index contributed by atoms with van der Waals surface area (Å²) in [5, 5.41) is 2.82. The normalized spacial score (nSPS) is 13.1. The first-order valence-corrected chi connectivity index (χ1v) is 13.9. The van der Waals surface area contributed by atoms with E-state index in [-0.39, 0.29) is 17.4 Å². The van der Waals surface area contributed by atoms with Crippen LogP contribution >= 0.6 is 0 Å². The van der Waals surface area contributed by atoms with Gasteiger partial charge in [-0.05, 0) is 61.0 Å². The van der Waals surface area contributed by atoms with Crippen LogP contribution in [0.1, 0.15) is 30.6 Å². The van der Waals surface area contributed by atoms with E-state index in [1.165, 1.54) is 28.6 Å². The Morgan fingerprint density at radius 3 is 2.42 bits per heavy atom. The van der Waals surface area contributed by atoms with Crippen molar-refractivity contribution >= 4 is 33.2 Å². The number of ether oxygens (including phenoxy) is 2. The molecular weight excluding hydrogens is 506 g/mol. The molecule has 1 heterocycles. The van der Waals surface area contributed by atoms with Crippen molar-refractivity contribution in [3.63, 3.8) is 0 Å². The number of sulfonamides is 1. The standard InChI is InChI=1S/C28H31N3O6S/c1-3-30(4-2)38(34,35)24-14-11-21(12-15-24)28(33)29-22-13-16-26-25(19-22)31(27(32)20-37-26)17-8-18-36-23-9-6-5-7-10-23/h5-7,9-16,19H,3-4,8,17-18,20H2,1-2H3,(H,29,33). The molecule has 0 saturated heterocycles. The topological polar surface area (TPSA) is 105 Å². The molecule has 4 rings (SSSR count). The van der Waals surface area contributed by atoms with Crippen molar-refractivity contribution in [3.8, 4) is 11.5 Å². The number of nitrogens with zero attached hydrogens (tertiary/aromatic N) is 2. The van der Waals surface area contributed by atoms with Crippen LogP contribution in [0.2, 0.25) is 0 Å². The predicted octanol–water partition coefficient (Wildman–Crippen LogP) is 4.16. The molecule has 200 valence electrons. The number of para-hydroxylation sites is 1. The molecule has 3 aromatic carbocycles. The Labute approximate surface area is 223 Å². The fourth-order valence-corrected chi connectivity index (χ4v) is 5.61. The van der Waals surface area contributed by atoms with Crippen LogP contribution in [0.5, 0.6) is 11.5 Å². The van der Waals surface area contributed by atoms with Crippen molar-refractivity contribution in [2.24, 2.45) is 0 Å². The van der Waals surface area contributed by atoms with Gasteiger partial charge in [0.1, 0.15) is 11.5 Å². The summed E-state index contributed by atoms with van der Waals surface area (Å²) in [4.78, 5) is 27.3. The zero-order chi connectivity index (χ0) is 27.1. The molecule has 0 saturated carbocycles. The second-order valence-corrected chi connectivity index (χ2v) is 10.5. The molecule has 1 aliphatic rings. The van der Waals surface area contributed by atoms with Crippen LogP contribution in [-0.4, -0.2) is 57.4 Å². The van der Waals surface area contributed by atoms with Crippen molar-refractivity contribution in [3.05, 3.63) is 78.4 Å². The molecule has 1 N–H and O–H groups in total. The van der Waals surface area contributed by atoms with Crippen molar-refractivity contribution < 1.29 is 27.5 Å². The molecule has 0 radical (unpaired) electrons. The van der Waals surface area contributed by atoms with Crippen molar-refractivity contribution in [1.29, 1.82) is 0 Å². The SMILES string of the molecule is CCN(CC)S(=O)(=O)c1ccc(C(=O)Nc2ccc3c(c2)N(CCCOc2ccccc2)C(=O)CO3)cc1. The molecular formula is C28H31N3O6S. The Bertz CT molecular complexity index is 1370. The number of rotatable bonds is 11. The molecule has 0 atom stereocenters. The summed E-state index contributed by atoms with van der Waals surface area (Å²) >= 11 is 0. The lowest BCUT2D eigenvalue weighted by atomic mass is 10.1. The van der Waals surface area contributed by atoms with Crippen molar-refractivity contribution in [2.75, 3.05) is 43.1 Å². The van der Waals surface area contributed by atoms with E-state index < -0.39 is 15.9 Å². The lowest BCUT2D eigenvalue weighted by Gasteiger charge is -2.30. The number of hydrogen-bond donors (Lipinski definition) is 1. The maximum Gasteiger partial charge on any atom is 0.265 e. The zero-order valence-electron chi connectivity index (χ0n) is 21.4. The summed E-state index contributed by atoms with van der Waals surface area (Å²) in [5.74, 6) is 0.746. The fraction of sp³-hybridized carbons (Fsp3) is 0.286. The highest BCUT2D eigenvalue weighted by Crippen LogP contribution is 2.35. The van der Waals surface area contributed by atoms with Gasteiger partial charge in [0, 0.05) is 30.9 Å². The Balaban J connectivity index is 1.43. The summed E-state index contributed by atoms with van der Waals surface area (Å²) in [6, 6.07) is 20.4. The number of benzene rings is 3. The smallest absolute Gasteiger partial charge is 0.265 e. The number of amides is 2. The van der Waals surface area contributed by atoms with Crippen molar-refractivity contribution in [2.45, 2.75) is 25.2 Å². The summed E-state index contributed by atoms with van der Waals surface area (Å²) in [5.41, 5.74) is 1.36. The van der Waals surface area contributed by atoms with E-state index in [9.17, 15) is 18.0 Å². The largest absolute Gasteiger partial charge is 0.494 e. The average molecular weight is 538 g/mol. The van der Waals surface area contributed by atoms with Crippen LogP contribution in [0.3, 0.4) is 0 Å². The van der Waals surface area contributed by atoms with Gasteiger partial charge in [-0.2, -0.15) is 4.31 Å². The molecule has 2 amide bonds. The van der Waals surface area contributed by atoms with Crippen LogP contribution in [0.25, 0.3) is 0 Å². The quantitative estimate of drug-likeness (QED) is 0.368. The van der Waals surface area contributed by atoms with Gasteiger partial charge < -0.3 is 19.7 Å². The minimum atomic E-state index is -3.61. The fourth-order valence-electron chi connectivity index (χ4n) is 4.15. The highest BCUT2D eigenvalue weighted by atomic mass is 32.2. The predicted molar refractivity (Wildman–Crippen MR) is 145 cm³/mol. The Morgan fingerprint density at radius 2 is 1.74 bits per heavy atom. The number of carbonyl (C=O) groups excluding carboxylic acids is 2. The minimum Gasteiger partial charge on any atom is -0.494 e. The van der Waals surface area contributed by atoms with E-state index in [4.69, 9.17) is 9.47 Å². The van der Waals surface area contributed by atoms with E-state index in [1.807, 2.05) is 30.3 Å². The van der Waals surface area contributed by atoms with E-state index in [1.54, 1.807) is 36.9 Å².